The molecule has 2 aliphatic rings. The molecule has 0 aromatic carbocycles. The minimum absolute atomic E-state index is 0.0139. The predicted molar refractivity (Wildman–Crippen MR) is 144 cm³/mol. The molecule has 0 radical (unpaired) electrons. The summed E-state index contributed by atoms with van der Waals surface area (Å²) in [5, 5.41) is 21.5. The fourth-order valence-electron chi connectivity index (χ4n) is 5.53. The molecule has 8 nitrogen and oxygen atoms in total. The van der Waals surface area contributed by atoms with E-state index in [4.69, 9.17) is 24.1 Å². The lowest BCUT2D eigenvalue weighted by Crippen LogP contribution is -2.41. The third kappa shape index (κ3) is 9.84. The van der Waals surface area contributed by atoms with E-state index < -0.39 is 6.10 Å². The topological polar surface area (TPSA) is 110 Å². The molecule has 2 saturated heterocycles. The number of carbonyl (C=O) groups excluding carboxylic acids is 1. The first-order valence-electron chi connectivity index (χ1n) is 13.6. The summed E-state index contributed by atoms with van der Waals surface area (Å²) in [6.45, 7) is 13.0. The van der Waals surface area contributed by atoms with Crippen LogP contribution in [0.5, 0.6) is 0 Å². The van der Waals surface area contributed by atoms with Gasteiger partial charge in [0.15, 0.2) is 0 Å². The SMILES string of the molecule is CO[C@H]([C@@H](C)[C@H]1O[C@]1(C)C[C@H](C)/C=C/C=C(\C)[C@H]1O[C@@H](CNC(=O)C=COCCO)CC[C@@H]1C)[C@@H](C)O. The number of aliphatic hydroxyl groups excluding tert-OH is 2. The monoisotopic (exact) mass is 523 g/mol. The molecule has 0 spiro atoms. The second kappa shape index (κ2) is 15.0. The maximum Gasteiger partial charge on any atom is 0.247 e. The van der Waals surface area contributed by atoms with E-state index in [2.05, 4.69) is 58.2 Å². The fourth-order valence-corrected chi connectivity index (χ4v) is 5.53. The molecule has 2 fully saturated rings. The van der Waals surface area contributed by atoms with Crippen molar-refractivity contribution in [1.29, 1.82) is 0 Å². The van der Waals surface area contributed by atoms with E-state index in [1.807, 2.05) is 0 Å². The highest BCUT2D eigenvalue weighted by Gasteiger charge is 2.56. The Kier molecular flexibility index (Phi) is 12.8. The average Bonchev–Trinajstić information content (AvgIpc) is 3.51. The highest BCUT2D eigenvalue weighted by Crippen LogP contribution is 2.47. The molecule has 212 valence electrons. The van der Waals surface area contributed by atoms with Crippen LogP contribution in [0, 0.1) is 17.8 Å². The molecule has 0 saturated carbocycles. The maximum absolute atomic E-state index is 11.9. The van der Waals surface area contributed by atoms with Gasteiger partial charge in [-0.3, -0.25) is 4.79 Å². The Morgan fingerprint density at radius 2 is 2.00 bits per heavy atom. The van der Waals surface area contributed by atoms with Crippen molar-refractivity contribution in [2.75, 3.05) is 26.9 Å². The van der Waals surface area contributed by atoms with Gasteiger partial charge in [0, 0.05) is 25.6 Å². The van der Waals surface area contributed by atoms with Crippen LogP contribution in [0.4, 0.5) is 0 Å². The molecule has 0 aromatic rings. The Balaban J connectivity index is 1.83. The summed E-state index contributed by atoms with van der Waals surface area (Å²) in [4.78, 5) is 11.9. The molecule has 3 N–H and O–H groups in total. The molecule has 1 amide bonds. The molecule has 2 heterocycles. The lowest BCUT2D eigenvalue weighted by Gasteiger charge is -2.35. The van der Waals surface area contributed by atoms with Crippen LogP contribution in [-0.2, 0) is 23.7 Å². The molecule has 37 heavy (non-hydrogen) atoms. The number of ether oxygens (including phenoxy) is 4. The van der Waals surface area contributed by atoms with Crippen molar-refractivity contribution >= 4 is 5.91 Å². The van der Waals surface area contributed by atoms with Crippen molar-refractivity contribution < 1.29 is 34.0 Å². The van der Waals surface area contributed by atoms with Crippen molar-refractivity contribution in [1.82, 2.24) is 5.32 Å². The van der Waals surface area contributed by atoms with Gasteiger partial charge in [0.1, 0.15) is 6.61 Å². The number of hydrogen-bond donors (Lipinski definition) is 3. The smallest absolute Gasteiger partial charge is 0.247 e. The average molecular weight is 524 g/mol. The van der Waals surface area contributed by atoms with Crippen molar-refractivity contribution in [3.63, 3.8) is 0 Å². The third-order valence-electron chi connectivity index (χ3n) is 7.49. The molecule has 0 aromatic heterocycles. The predicted octanol–water partition coefficient (Wildman–Crippen LogP) is 3.53. The van der Waals surface area contributed by atoms with Gasteiger partial charge < -0.3 is 34.5 Å². The van der Waals surface area contributed by atoms with Crippen LogP contribution < -0.4 is 5.32 Å². The van der Waals surface area contributed by atoms with E-state index in [0.29, 0.717) is 18.4 Å². The van der Waals surface area contributed by atoms with Crippen LogP contribution in [0.3, 0.4) is 0 Å². The normalized spacial score (nSPS) is 31.8. The van der Waals surface area contributed by atoms with E-state index in [9.17, 15) is 9.90 Å². The van der Waals surface area contributed by atoms with E-state index in [1.54, 1.807) is 14.0 Å². The van der Waals surface area contributed by atoms with Crippen LogP contribution >= 0.6 is 0 Å². The van der Waals surface area contributed by atoms with Crippen LogP contribution in [0.1, 0.15) is 60.8 Å². The standard InChI is InChI=1S/C29H49NO7/c1-19(17-29(6)28(37-29)22(4)27(34-7)23(5)32)9-8-10-20(2)26-21(3)11-12-24(36-26)18-30-25(33)13-15-35-16-14-31/h8-10,13,15,19,21-24,26-28,31-32H,11-12,14,16-18H2,1-7H3,(H,30,33)/b9-8+,15-13?,20-10+/t19-,21+,22-,23-,24-,26-,27-,28-,29-/m1/s1. The Bertz CT molecular complexity index is 795. The second-order valence-corrected chi connectivity index (χ2v) is 11.0. The van der Waals surface area contributed by atoms with E-state index in [0.717, 1.165) is 19.3 Å². The number of amides is 1. The van der Waals surface area contributed by atoms with Gasteiger partial charge in [0.05, 0.1) is 49.0 Å². The van der Waals surface area contributed by atoms with Crippen molar-refractivity contribution in [3.8, 4) is 0 Å². The maximum atomic E-state index is 11.9. The van der Waals surface area contributed by atoms with Gasteiger partial charge in [-0.15, -0.1) is 0 Å². The number of methoxy groups -OCH3 is 1. The molecular weight excluding hydrogens is 474 g/mol. The summed E-state index contributed by atoms with van der Waals surface area (Å²) < 4.78 is 22.9. The summed E-state index contributed by atoms with van der Waals surface area (Å²) >= 11 is 0. The molecule has 0 bridgehead atoms. The summed E-state index contributed by atoms with van der Waals surface area (Å²) in [5.74, 6) is 0.617. The van der Waals surface area contributed by atoms with Crippen LogP contribution in [0.15, 0.2) is 36.1 Å². The zero-order chi connectivity index (χ0) is 27.6. The molecule has 2 rings (SSSR count). The quantitative estimate of drug-likeness (QED) is 0.0990. The minimum atomic E-state index is -0.534. The Labute approximate surface area is 223 Å². The summed E-state index contributed by atoms with van der Waals surface area (Å²) in [6.07, 6.45) is 11.2. The number of aliphatic hydroxyl groups is 2. The van der Waals surface area contributed by atoms with E-state index >= 15 is 0 Å². The lowest BCUT2D eigenvalue weighted by atomic mass is 9.85. The molecule has 0 aliphatic carbocycles. The van der Waals surface area contributed by atoms with Crippen molar-refractivity contribution in [3.05, 3.63) is 36.1 Å². The van der Waals surface area contributed by atoms with Crippen LogP contribution in [-0.4, -0.2) is 79.1 Å². The van der Waals surface area contributed by atoms with E-state index in [1.165, 1.54) is 17.9 Å². The number of epoxide rings is 1. The number of rotatable bonds is 15. The van der Waals surface area contributed by atoms with Gasteiger partial charge in [-0.1, -0.05) is 39.0 Å². The first-order chi connectivity index (χ1) is 17.5. The molecule has 2 aliphatic heterocycles. The third-order valence-corrected chi connectivity index (χ3v) is 7.49. The Hall–Kier alpha value is -1.71. The number of nitrogens with one attached hydrogen (secondary N) is 1. The Morgan fingerprint density at radius 3 is 2.65 bits per heavy atom. The Morgan fingerprint density at radius 1 is 1.27 bits per heavy atom. The van der Waals surface area contributed by atoms with Crippen LogP contribution in [0.25, 0.3) is 0 Å². The summed E-state index contributed by atoms with van der Waals surface area (Å²) in [5.41, 5.74) is 0.969. The summed E-state index contributed by atoms with van der Waals surface area (Å²) in [7, 11) is 1.64. The molecular formula is C29H49NO7. The van der Waals surface area contributed by atoms with Gasteiger partial charge in [-0.25, -0.2) is 0 Å². The molecule has 8 heteroatoms. The first kappa shape index (κ1) is 31.5. The zero-order valence-corrected chi connectivity index (χ0v) is 23.7. The first-order valence-corrected chi connectivity index (χ1v) is 13.6. The van der Waals surface area contributed by atoms with Gasteiger partial charge in [-0.2, -0.15) is 0 Å². The highest BCUT2D eigenvalue weighted by atomic mass is 16.6. The molecule has 0 unspecified atom stereocenters. The van der Waals surface area contributed by atoms with Crippen LogP contribution in [0.2, 0.25) is 0 Å². The second-order valence-electron chi connectivity index (χ2n) is 11.0. The summed E-state index contributed by atoms with van der Waals surface area (Å²) in [6, 6.07) is 0. The number of allylic oxidation sites excluding steroid dienone is 3. The minimum Gasteiger partial charge on any atom is -0.499 e. The zero-order valence-electron chi connectivity index (χ0n) is 23.7. The van der Waals surface area contributed by atoms with Crippen molar-refractivity contribution in [2.45, 2.75) is 96.9 Å². The van der Waals surface area contributed by atoms with Gasteiger partial charge in [-0.05, 0) is 57.4 Å². The van der Waals surface area contributed by atoms with E-state index in [-0.39, 0.29) is 55.1 Å². The lowest BCUT2D eigenvalue weighted by molar-refractivity contribution is -0.118. The van der Waals surface area contributed by atoms with Gasteiger partial charge in [0.25, 0.3) is 0 Å². The highest BCUT2D eigenvalue weighted by molar-refractivity contribution is 5.87. The number of carbonyl (C=O) groups is 1. The van der Waals surface area contributed by atoms with Crippen molar-refractivity contribution in [2.24, 2.45) is 17.8 Å². The number of hydrogen-bond acceptors (Lipinski definition) is 7. The molecule has 9 atom stereocenters. The fraction of sp³-hybridized carbons (Fsp3) is 0.759. The van der Waals surface area contributed by atoms with Gasteiger partial charge in [0.2, 0.25) is 5.91 Å². The largest absolute Gasteiger partial charge is 0.499 e. The van der Waals surface area contributed by atoms with Gasteiger partial charge >= 0.3 is 0 Å².